The maximum Gasteiger partial charge on any atom is 0.295 e. The number of anilines is 1. The van der Waals surface area contributed by atoms with Crippen LogP contribution in [-0.2, 0) is 7.05 Å². The molecular weight excluding hydrogens is 382 g/mol. The molecule has 1 aromatic carbocycles. The van der Waals surface area contributed by atoms with Crippen molar-refractivity contribution in [1.29, 1.82) is 0 Å². The van der Waals surface area contributed by atoms with Crippen molar-refractivity contribution in [1.82, 2.24) is 19.5 Å². The van der Waals surface area contributed by atoms with E-state index in [1.807, 2.05) is 44.2 Å². The van der Waals surface area contributed by atoms with E-state index < -0.39 is 5.91 Å². The Kier molecular flexibility index (Phi) is 4.77. The second-order valence-electron chi connectivity index (χ2n) is 7.59. The molecule has 1 N–H and O–H groups in total. The predicted octanol–water partition coefficient (Wildman–Crippen LogP) is 3.70. The van der Waals surface area contributed by atoms with Crippen LogP contribution in [0.15, 0.2) is 45.7 Å². The van der Waals surface area contributed by atoms with Gasteiger partial charge in [0, 0.05) is 12.7 Å². The van der Waals surface area contributed by atoms with E-state index in [1.165, 1.54) is 4.68 Å². The molecule has 0 aliphatic rings. The fourth-order valence-electron chi connectivity index (χ4n) is 3.48. The van der Waals surface area contributed by atoms with E-state index in [0.29, 0.717) is 28.1 Å². The lowest BCUT2D eigenvalue weighted by Gasteiger charge is -2.09. The van der Waals surface area contributed by atoms with Crippen LogP contribution < -0.4 is 10.9 Å². The number of hydrogen-bond acceptors (Lipinski definition) is 5. The van der Waals surface area contributed by atoms with E-state index in [4.69, 9.17) is 4.52 Å². The molecule has 8 nitrogen and oxygen atoms in total. The van der Waals surface area contributed by atoms with Gasteiger partial charge in [0.2, 0.25) is 0 Å². The number of rotatable bonds is 4. The zero-order valence-electron chi connectivity index (χ0n) is 17.6. The molecule has 8 heteroatoms. The summed E-state index contributed by atoms with van der Waals surface area (Å²) in [6, 6.07) is 11.0. The first-order valence-electron chi connectivity index (χ1n) is 9.72. The Labute approximate surface area is 173 Å². The highest BCUT2D eigenvalue weighted by atomic mass is 16.5. The predicted molar refractivity (Wildman–Crippen MR) is 114 cm³/mol. The molecule has 0 aliphatic heterocycles. The summed E-state index contributed by atoms with van der Waals surface area (Å²) in [7, 11) is 1.78. The Bertz CT molecular complexity index is 1310. The van der Waals surface area contributed by atoms with Gasteiger partial charge in [-0.2, -0.15) is 0 Å². The standard InChI is InChI=1S/C22H23N5O3/c1-12(2)17-11-16(18-13(3)25-30-21(18)23-17)20(28)24-19-14(4)26(5)27(22(19)29)15-9-7-6-8-10-15/h6-12H,1-5H3,(H,24,28). The zero-order valence-corrected chi connectivity index (χ0v) is 17.6. The van der Waals surface area contributed by atoms with Crippen molar-refractivity contribution in [2.75, 3.05) is 5.32 Å². The Morgan fingerprint density at radius 2 is 1.87 bits per heavy atom. The number of carbonyl (C=O) groups is 1. The van der Waals surface area contributed by atoms with Crippen molar-refractivity contribution in [3.8, 4) is 5.69 Å². The summed E-state index contributed by atoms with van der Waals surface area (Å²) in [4.78, 5) is 30.8. The van der Waals surface area contributed by atoms with Crippen LogP contribution in [0.2, 0.25) is 0 Å². The highest BCUT2D eigenvalue weighted by molar-refractivity contribution is 6.12. The Hall–Kier alpha value is -3.68. The molecule has 4 rings (SSSR count). The number of aryl methyl sites for hydroxylation is 1. The lowest BCUT2D eigenvalue weighted by Crippen LogP contribution is -2.23. The summed E-state index contributed by atoms with van der Waals surface area (Å²) in [6.45, 7) is 7.52. The van der Waals surface area contributed by atoms with Crippen LogP contribution in [0.3, 0.4) is 0 Å². The van der Waals surface area contributed by atoms with Gasteiger partial charge >= 0.3 is 0 Å². The number of nitrogens with zero attached hydrogens (tertiary/aromatic N) is 4. The van der Waals surface area contributed by atoms with Gasteiger partial charge in [-0.1, -0.05) is 37.2 Å². The average molecular weight is 405 g/mol. The number of pyridine rings is 1. The number of amides is 1. The Balaban J connectivity index is 1.81. The van der Waals surface area contributed by atoms with E-state index in [9.17, 15) is 9.59 Å². The van der Waals surface area contributed by atoms with Gasteiger partial charge in [-0.25, -0.2) is 9.67 Å². The van der Waals surface area contributed by atoms with Crippen molar-refractivity contribution in [2.45, 2.75) is 33.6 Å². The number of para-hydroxylation sites is 1. The fourth-order valence-corrected chi connectivity index (χ4v) is 3.48. The summed E-state index contributed by atoms with van der Waals surface area (Å²) >= 11 is 0. The topological polar surface area (TPSA) is 94.9 Å². The van der Waals surface area contributed by atoms with E-state index in [1.54, 1.807) is 31.6 Å². The third kappa shape index (κ3) is 3.10. The number of hydrogen-bond donors (Lipinski definition) is 1. The number of benzene rings is 1. The van der Waals surface area contributed by atoms with Gasteiger partial charge in [-0.3, -0.25) is 14.3 Å². The SMILES string of the molecule is Cc1noc2nc(C(C)C)cc(C(=O)Nc3c(C)n(C)n(-c4ccccc4)c3=O)c12. The molecule has 0 saturated heterocycles. The van der Waals surface area contributed by atoms with Crippen molar-refractivity contribution in [3.63, 3.8) is 0 Å². The maximum absolute atomic E-state index is 13.2. The van der Waals surface area contributed by atoms with E-state index in [-0.39, 0.29) is 17.2 Å². The molecule has 1 amide bonds. The van der Waals surface area contributed by atoms with Gasteiger partial charge in [0.25, 0.3) is 17.2 Å². The van der Waals surface area contributed by atoms with Gasteiger partial charge in [0.1, 0.15) is 5.69 Å². The highest BCUT2D eigenvalue weighted by Gasteiger charge is 2.23. The van der Waals surface area contributed by atoms with E-state index in [2.05, 4.69) is 15.5 Å². The molecule has 0 radical (unpaired) electrons. The largest absolute Gasteiger partial charge is 0.336 e. The third-order valence-electron chi connectivity index (χ3n) is 5.27. The van der Waals surface area contributed by atoms with Crippen LogP contribution in [0, 0.1) is 13.8 Å². The number of aromatic nitrogens is 4. The van der Waals surface area contributed by atoms with Crippen LogP contribution in [0.4, 0.5) is 5.69 Å². The lowest BCUT2D eigenvalue weighted by atomic mass is 10.0. The first-order chi connectivity index (χ1) is 14.3. The van der Waals surface area contributed by atoms with Crippen molar-refractivity contribution in [2.24, 2.45) is 7.05 Å². The molecule has 0 atom stereocenters. The molecule has 154 valence electrons. The van der Waals surface area contributed by atoms with Gasteiger partial charge in [0.15, 0.2) is 0 Å². The third-order valence-corrected chi connectivity index (χ3v) is 5.27. The molecule has 0 aliphatic carbocycles. The molecular formula is C22H23N5O3. The van der Waals surface area contributed by atoms with Crippen LogP contribution in [0.25, 0.3) is 16.8 Å². The first-order valence-corrected chi connectivity index (χ1v) is 9.72. The second kappa shape index (κ2) is 7.29. The average Bonchev–Trinajstić information content (AvgIpc) is 3.20. The first kappa shape index (κ1) is 19.6. The van der Waals surface area contributed by atoms with Gasteiger partial charge in [0.05, 0.1) is 28.0 Å². The van der Waals surface area contributed by atoms with E-state index in [0.717, 1.165) is 11.4 Å². The highest BCUT2D eigenvalue weighted by Crippen LogP contribution is 2.26. The van der Waals surface area contributed by atoms with Gasteiger partial charge in [-0.15, -0.1) is 0 Å². The van der Waals surface area contributed by atoms with Gasteiger partial charge < -0.3 is 9.84 Å². The fraction of sp³-hybridized carbons (Fsp3) is 0.273. The number of carbonyl (C=O) groups excluding carboxylic acids is 1. The van der Waals surface area contributed by atoms with Crippen LogP contribution in [0.5, 0.6) is 0 Å². The second-order valence-corrected chi connectivity index (χ2v) is 7.59. The van der Waals surface area contributed by atoms with Gasteiger partial charge in [-0.05, 0) is 38.0 Å². The molecule has 4 aromatic rings. The van der Waals surface area contributed by atoms with Crippen LogP contribution in [0.1, 0.15) is 47.2 Å². The molecule has 0 unspecified atom stereocenters. The monoisotopic (exact) mass is 405 g/mol. The summed E-state index contributed by atoms with van der Waals surface area (Å²) in [5, 5.41) is 7.31. The van der Waals surface area contributed by atoms with E-state index >= 15 is 0 Å². The molecule has 0 fully saturated rings. The number of fused-ring (bicyclic) bond motifs is 1. The molecule has 0 spiro atoms. The smallest absolute Gasteiger partial charge is 0.295 e. The lowest BCUT2D eigenvalue weighted by molar-refractivity contribution is 0.102. The van der Waals surface area contributed by atoms with Crippen molar-refractivity contribution in [3.05, 3.63) is 69.4 Å². The normalized spacial score (nSPS) is 11.4. The molecule has 0 bridgehead atoms. The molecule has 3 heterocycles. The minimum Gasteiger partial charge on any atom is -0.336 e. The molecule has 30 heavy (non-hydrogen) atoms. The minimum atomic E-state index is -0.401. The quantitative estimate of drug-likeness (QED) is 0.559. The maximum atomic E-state index is 13.2. The van der Waals surface area contributed by atoms with Crippen LogP contribution >= 0.6 is 0 Å². The molecule has 0 saturated carbocycles. The number of nitrogens with one attached hydrogen (secondary N) is 1. The Morgan fingerprint density at radius 1 is 1.17 bits per heavy atom. The summed E-state index contributed by atoms with van der Waals surface area (Å²) in [5.41, 5.74) is 3.29. The minimum absolute atomic E-state index is 0.0973. The summed E-state index contributed by atoms with van der Waals surface area (Å²) < 4.78 is 8.54. The summed E-state index contributed by atoms with van der Waals surface area (Å²) in [6.07, 6.45) is 0. The zero-order chi connectivity index (χ0) is 21.6. The molecule has 3 aromatic heterocycles. The van der Waals surface area contributed by atoms with Crippen LogP contribution in [-0.4, -0.2) is 25.4 Å². The van der Waals surface area contributed by atoms with Crippen molar-refractivity contribution < 1.29 is 9.32 Å². The van der Waals surface area contributed by atoms with Crippen molar-refractivity contribution >= 4 is 22.7 Å². The Morgan fingerprint density at radius 3 is 2.53 bits per heavy atom. The summed E-state index contributed by atoms with van der Waals surface area (Å²) in [5.74, 6) is -0.304.